The van der Waals surface area contributed by atoms with Gasteiger partial charge in [0.05, 0.1) is 23.6 Å². The molecule has 4 heterocycles. The number of aliphatic hydroxyl groups is 1. The summed E-state index contributed by atoms with van der Waals surface area (Å²) in [4.78, 5) is 22.3. The number of likely N-dealkylation sites (tertiary alicyclic amines) is 1. The van der Waals surface area contributed by atoms with Gasteiger partial charge in [-0.2, -0.15) is 13.5 Å². The topological polar surface area (TPSA) is 125 Å². The number of nitrogens with zero attached hydrogens (tertiary/aromatic N) is 5. The summed E-state index contributed by atoms with van der Waals surface area (Å²) in [7, 11) is -3.46. The van der Waals surface area contributed by atoms with Gasteiger partial charge in [0.15, 0.2) is 11.3 Å². The van der Waals surface area contributed by atoms with Crippen LogP contribution in [0.1, 0.15) is 53.8 Å². The smallest absolute Gasteiger partial charge is 0.295 e. The number of sulfonamides is 1. The maximum absolute atomic E-state index is 13.7. The van der Waals surface area contributed by atoms with Crippen LogP contribution >= 0.6 is 11.6 Å². The van der Waals surface area contributed by atoms with Crippen molar-refractivity contribution in [1.29, 1.82) is 0 Å². The lowest BCUT2D eigenvalue weighted by Crippen LogP contribution is -2.81. The van der Waals surface area contributed by atoms with Gasteiger partial charge in [-0.1, -0.05) is 11.6 Å². The fourth-order valence-electron chi connectivity index (χ4n) is 5.11. The Hall–Kier alpha value is -2.73. The lowest BCUT2D eigenvalue weighted by atomic mass is 9.96. The Morgan fingerprint density at radius 2 is 2.00 bits per heavy atom. The first-order valence-electron chi connectivity index (χ1n) is 11.9. The number of rotatable bonds is 5. The Morgan fingerprint density at radius 3 is 2.69 bits per heavy atom. The number of nitrogens with two attached hydrogens (primary N) is 1. The molecule has 0 bridgehead atoms. The van der Waals surface area contributed by atoms with Crippen molar-refractivity contribution in [2.24, 2.45) is 0 Å². The molecular weight excluding hydrogens is 504 g/mol. The highest BCUT2D eigenvalue weighted by Gasteiger charge is 2.38. The van der Waals surface area contributed by atoms with Crippen molar-refractivity contribution in [3.63, 3.8) is 0 Å². The Morgan fingerprint density at radius 1 is 1.25 bits per heavy atom. The average Bonchev–Trinajstić information content (AvgIpc) is 3.19. The van der Waals surface area contributed by atoms with Crippen molar-refractivity contribution in [1.82, 2.24) is 19.5 Å². The molecule has 0 radical (unpaired) electrons. The molecule has 0 unspecified atom stereocenters. The van der Waals surface area contributed by atoms with Gasteiger partial charge < -0.3 is 14.9 Å². The monoisotopic (exact) mass is 533 g/mol. The second-order valence-electron chi connectivity index (χ2n) is 10.2. The number of β-amino-alcohol motifs (C(OH)–C–C–N with tert-alkyl or cyclic N) is 1. The fraction of sp³-hybridized carbons (Fsp3) is 0.458. The molecule has 5 rings (SSSR count). The van der Waals surface area contributed by atoms with E-state index in [2.05, 4.69) is 0 Å². The fourth-order valence-corrected chi connectivity index (χ4v) is 5.95. The van der Waals surface area contributed by atoms with Crippen molar-refractivity contribution in [3.8, 4) is 0 Å². The Kier molecular flexibility index (Phi) is 6.22. The molecule has 2 aromatic heterocycles. The van der Waals surface area contributed by atoms with Gasteiger partial charge in [-0.15, -0.1) is 0 Å². The van der Waals surface area contributed by atoms with Crippen LogP contribution in [-0.4, -0.2) is 70.4 Å². The lowest BCUT2D eigenvalue weighted by molar-refractivity contribution is -0.396. The van der Waals surface area contributed by atoms with E-state index in [0.29, 0.717) is 36.0 Å². The molecule has 2 fully saturated rings. The summed E-state index contributed by atoms with van der Waals surface area (Å²) in [6, 6.07) is 6.29. The van der Waals surface area contributed by atoms with Gasteiger partial charge >= 0.3 is 0 Å². The molecule has 2 aliphatic heterocycles. The third-order valence-electron chi connectivity index (χ3n) is 6.68. The molecule has 0 saturated carbocycles. The number of primary sulfonamides is 1. The van der Waals surface area contributed by atoms with Gasteiger partial charge in [0.1, 0.15) is 11.4 Å². The van der Waals surface area contributed by atoms with E-state index >= 15 is 0 Å². The van der Waals surface area contributed by atoms with Gasteiger partial charge in [0.25, 0.3) is 15.9 Å². The van der Waals surface area contributed by atoms with E-state index in [0.717, 1.165) is 47.3 Å². The number of amides is 1. The van der Waals surface area contributed by atoms with E-state index in [1.807, 2.05) is 31.0 Å². The Labute approximate surface area is 214 Å². The zero-order valence-corrected chi connectivity index (χ0v) is 22.1. The van der Waals surface area contributed by atoms with E-state index in [1.54, 1.807) is 21.5 Å². The SMILES string of the molecule is Cc1cn2nc([C@@H]3CCCCN3C(=O)c3cc(Cl)ccc3[NH2+]S(C)(=O)=O)cc2nc1N1CC(C)(O)C1. The summed E-state index contributed by atoms with van der Waals surface area (Å²) in [5.41, 5.74) is 2.22. The van der Waals surface area contributed by atoms with Crippen molar-refractivity contribution in [2.45, 2.75) is 44.8 Å². The van der Waals surface area contributed by atoms with Crippen LogP contribution in [-0.2, 0) is 10.0 Å². The highest BCUT2D eigenvalue weighted by Crippen LogP contribution is 2.34. The molecule has 3 aromatic rings. The molecule has 12 heteroatoms. The van der Waals surface area contributed by atoms with Crippen molar-refractivity contribution < 1.29 is 23.0 Å². The number of halogens is 1. The second-order valence-corrected chi connectivity index (χ2v) is 12.5. The molecule has 1 aromatic carbocycles. The molecular formula is C24H30ClN6O4S+. The minimum atomic E-state index is -3.46. The average molecular weight is 534 g/mol. The predicted octanol–water partition coefficient (Wildman–Crippen LogP) is 1.78. The number of aryl methyl sites for hydroxylation is 1. The van der Waals surface area contributed by atoms with Gasteiger partial charge in [-0.25, -0.2) is 14.2 Å². The number of quaternary nitrogens is 1. The molecule has 2 saturated heterocycles. The number of anilines is 1. The molecule has 0 aliphatic carbocycles. The molecule has 2 aliphatic rings. The zero-order valence-electron chi connectivity index (χ0n) is 20.5. The third kappa shape index (κ3) is 4.93. The number of hydrogen-bond acceptors (Lipinski definition) is 7. The van der Waals surface area contributed by atoms with Crippen molar-refractivity contribution >= 4 is 44.7 Å². The highest BCUT2D eigenvalue weighted by atomic mass is 35.5. The number of carbonyl (C=O) groups excluding carboxylic acids is 1. The quantitative estimate of drug-likeness (QED) is 0.479. The standard InChI is InChI=1S/C24H29ClN6O4S/c1-15-12-31-21(26-22(15)29-13-24(2,33)14-29)11-19(27-31)20-6-4-5-9-30(20)23(32)17-10-16(25)7-8-18(17)28-36(3,34)35/h7-8,10-12,20,28,33H,4-6,9,13-14H2,1-3H3/p+1/t20-/m0/s1. The summed E-state index contributed by atoms with van der Waals surface area (Å²) in [6.07, 6.45) is 5.54. The number of piperidine rings is 1. The number of benzene rings is 1. The van der Waals surface area contributed by atoms with Crippen LogP contribution in [0.25, 0.3) is 5.65 Å². The summed E-state index contributed by atoms with van der Waals surface area (Å²) in [6.45, 7) is 5.35. The van der Waals surface area contributed by atoms with Crippen LogP contribution in [0.5, 0.6) is 0 Å². The number of fused-ring (bicyclic) bond motifs is 1. The Balaban J connectivity index is 1.48. The third-order valence-corrected chi connectivity index (χ3v) is 7.60. The van der Waals surface area contributed by atoms with Gasteiger partial charge in [0.2, 0.25) is 0 Å². The summed E-state index contributed by atoms with van der Waals surface area (Å²) >= 11 is 6.19. The van der Waals surface area contributed by atoms with E-state index in [9.17, 15) is 18.3 Å². The Bertz CT molecular complexity index is 1450. The van der Waals surface area contributed by atoms with E-state index < -0.39 is 15.6 Å². The summed E-state index contributed by atoms with van der Waals surface area (Å²) < 4.78 is 26.7. The maximum Gasteiger partial charge on any atom is 0.295 e. The predicted molar refractivity (Wildman–Crippen MR) is 136 cm³/mol. The lowest BCUT2D eigenvalue weighted by Gasteiger charge is -2.45. The number of hydrogen-bond donors (Lipinski definition) is 2. The molecule has 3 N–H and O–H groups in total. The van der Waals surface area contributed by atoms with E-state index in [-0.39, 0.29) is 17.5 Å². The summed E-state index contributed by atoms with van der Waals surface area (Å²) in [5, 5.41) is 15.3. The molecule has 1 amide bonds. The first kappa shape index (κ1) is 24.9. The zero-order chi connectivity index (χ0) is 25.8. The van der Waals surface area contributed by atoms with Crippen LogP contribution in [0.2, 0.25) is 5.02 Å². The van der Waals surface area contributed by atoms with Crippen LogP contribution in [0.4, 0.5) is 11.5 Å². The van der Waals surface area contributed by atoms with Gasteiger partial charge in [0, 0.05) is 48.5 Å². The van der Waals surface area contributed by atoms with Gasteiger partial charge in [-0.3, -0.25) is 4.79 Å². The van der Waals surface area contributed by atoms with Crippen LogP contribution in [0.3, 0.4) is 0 Å². The van der Waals surface area contributed by atoms with Crippen LogP contribution in [0.15, 0.2) is 30.5 Å². The minimum Gasteiger partial charge on any atom is -0.386 e. The van der Waals surface area contributed by atoms with Crippen molar-refractivity contribution in [3.05, 3.63) is 52.3 Å². The number of carbonyl (C=O) groups is 1. The molecule has 36 heavy (non-hydrogen) atoms. The largest absolute Gasteiger partial charge is 0.386 e. The first-order chi connectivity index (χ1) is 16.9. The van der Waals surface area contributed by atoms with Crippen molar-refractivity contribution in [2.75, 3.05) is 30.8 Å². The normalized spacial score (nSPS) is 20.0. The maximum atomic E-state index is 13.7. The molecule has 1 atom stereocenters. The second kappa shape index (κ2) is 8.98. The van der Waals surface area contributed by atoms with Gasteiger partial charge in [-0.05, 0) is 45.2 Å². The molecule has 192 valence electrons. The summed E-state index contributed by atoms with van der Waals surface area (Å²) in [5.74, 6) is 0.540. The molecule has 10 nitrogen and oxygen atoms in total. The van der Waals surface area contributed by atoms with E-state index in [4.69, 9.17) is 21.7 Å². The number of aromatic nitrogens is 3. The molecule has 0 spiro atoms. The minimum absolute atomic E-state index is 0.254. The van der Waals surface area contributed by atoms with E-state index in [1.165, 1.54) is 6.07 Å². The first-order valence-corrected chi connectivity index (χ1v) is 14.2. The van der Waals surface area contributed by atoms with Crippen LogP contribution in [0, 0.1) is 6.92 Å². The highest BCUT2D eigenvalue weighted by molar-refractivity contribution is 7.84. The van der Waals surface area contributed by atoms with Crippen LogP contribution < -0.4 is 9.62 Å².